The maximum atomic E-state index is 12.5. The summed E-state index contributed by atoms with van der Waals surface area (Å²) < 4.78 is 10.7. The van der Waals surface area contributed by atoms with Gasteiger partial charge in [-0.2, -0.15) is 0 Å². The van der Waals surface area contributed by atoms with Crippen molar-refractivity contribution in [1.29, 1.82) is 0 Å². The molecule has 0 heterocycles. The van der Waals surface area contributed by atoms with Crippen molar-refractivity contribution in [2.75, 3.05) is 0 Å². The minimum Gasteiger partial charge on any atom is -0.459 e. The van der Waals surface area contributed by atoms with Crippen molar-refractivity contribution < 1.29 is 29.1 Å². The number of rotatable bonds is 5. The molecular formula is C18H27BO6. The van der Waals surface area contributed by atoms with E-state index in [1.54, 1.807) is 53.7 Å². The molecule has 0 atom stereocenters. The third-order valence-electron chi connectivity index (χ3n) is 3.10. The SMILES string of the molecule is CC(C)(C)OC(=O)C(Cc1ccc(B(O)O)cc1)C(=O)OC(C)(C)C. The lowest BCUT2D eigenvalue weighted by atomic mass is 9.80. The smallest absolute Gasteiger partial charge is 0.459 e. The summed E-state index contributed by atoms with van der Waals surface area (Å²) >= 11 is 0. The van der Waals surface area contributed by atoms with Crippen LogP contribution in [0.1, 0.15) is 47.1 Å². The Balaban J connectivity index is 3.01. The maximum Gasteiger partial charge on any atom is 0.488 e. The van der Waals surface area contributed by atoms with Gasteiger partial charge in [-0.1, -0.05) is 24.3 Å². The fourth-order valence-electron chi connectivity index (χ4n) is 2.07. The summed E-state index contributed by atoms with van der Waals surface area (Å²) in [5.41, 5.74) is -0.425. The molecule has 0 fully saturated rings. The summed E-state index contributed by atoms with van der Waals surface area (Å²) in [7, 11) is -1.57. The lowest BCUT2D eigenvalue weighted by Crippen LogP contribution is -2.38. The summed E-state index contributed by atoms with van der Waals surface area (Å²) in [6.45, 7) is 10.4. The average molecular weight is 350 g/mol. The van der Waals surface area contributed by atoms with E-state index in [1.165, 1.54) is 12.1 Å². The molecule has 1 aromatic carbocycles. The van der Waals surface area contributed by atoms with Crippen LogP contribution in [0.5, 0.6) is 0 Å². The van der Waals surface area contributed by atoms with Gasteiger partial charge in [0.15, 0.2) is 5.92 Å². The Morgan fingerprint density at radius 2 is 1.32 bits per heavy atom. The van der Waals surface area contributed by atoms with E-state index in [4.69, 9.17) is 19.5 Å². The molecule has 0 unspecified atom stereocenters. The molecule has 138 valence electrons. The van der Waals surface area contributed by atoms with Gasteiger partial charge in [0.1, 0.15) is 11.2 Å². The molecule has 0 saturated carbocycles. The third kappa shape index (κ3) is 7.71. The summed E-state index contributed by atoms with van der Waals surface area (Å²) in [5, 5.41) is 18.3. The highest BCUT2D eigenvalue weighted by molar-refractivity contribution is 6.58. The van der Waals surface area contributed by atoms with Crippen LogP contribution in [0.4, 0.5) is 0 Å². The molecule has 0 amide bonds. The van der Waals surface area contributed by atoms with Crippen molar-refractivity contribution in [2.45, 2.75) is 59.2 Å². The molecule has 0 aliphatic rings. The molecule has 0 saturated heterocycles. The van der Waals surface area contributed by atoms with E-state index in [-0.39, 0.29) is 6.42 Å². The molecule has 0 radical (unpaired) electrons. The van der Waals surface area contributed by atoms with Crippen LogP contribution in [-0.4, -0.2) is 40.3 Å². The largest absolute Gasteiger partial charge is 0.488 e. The van der Waals surface area contributed by atoms with Gasteiger partial charge in [-0.15, -0.1) is 0 Å². The van der Waals surface area contributed by atoms with Crippen LogP contribution >= 0.6 is 0 Å². The molecule has 0 bridgehead atoms. The van der Waals surface area contributed by atoms with Crippen molar-refractivity contribution in [3.63, 3.8) is 0 Å². The van der Waals surface area contributed by atoms with Crippen LogP contribution in [0.15, 0.2) is 24.3 Å². The standard InChI is InChI=1S/C18H27BO6/c1-17(2,3)24-15(20)14(16(21)25-18(4,5)6)11-12-7-9-13(10-8-12)19(22)23/h7-10,14,22-23H,11H2,1-6H3. The molecule has 1 aromatic rings. The molecule has 0 aliphatic carbocycles. The molecule has 0 aliphatic heterocycles. The number of hydrogen-bond acceptors (Lipinski definition) is 6. The van der Waals surface area contributed by atoms with Gasteiger partial charge in [0.25, 0.3) is 0 Å². The lowest BCUT2D eigenvalue weighted by molar-refractivity contribution is -0.174. The minimum absolute atomic E-state index is 0.103. The van der Waals surface area contributed by atoms with Crippen molar-refractivity contribution in [2.24, 2.45) is 5.92 Å². The quantitative estimate of drug-likeness (QED) is 0.471. The Bertz CT molecular complexity index is 567. The average Bonchev–Trinajstić information content (AvgIpc) is 2.41. The van der Waals surface area contributed by atoms with Gasteiger partial charge in [-0.25, -0.2) is 0 Å². The second-order valence-electron chi connectivity index (χ2n) is 7.94. The van der Waals surface area contributed by atoms with Crippen LogP contribution < -0.4 is 5.46 Å². The van der Waals surface area contributed by atoms with E-state index in [0.717, 1.165) is 0 Å². The van der Waals surface area contributed by atoms with E-state index in [0.29, 0.717) is 11.0 Å². The van der Waals surface area contributed by atoms with E-state index >= 15 is 0 Å². The number of esters is 2. The Morgan fingerprint density at radius 1 is 0.920 bits per heavy atom. The second-order valence-corrected chi connectivity index (χ2v) is 7.94. The first-order valence-corrected chi connectivity index (χ1v) is 8.19. The normalized spacial score (nSPS) is 12.0. The zero-order chi connectivity index (χ0) is 19.4. The van der Waals surface area contributed by atoms with Crippen LogP contribution in [0.3, 0.4) is 0 Å². The van der Waals surface area contributed by atoms with Gasteiger partial charge in [-0.3, -0.25) is 9.59 Å². The van der Waals surface area contributed by atoms with Gasteiger partial charge < -0.3 is 19.5 Å². The summed E-state index contributed by atoms with van der Waals surface area (Å²) in [6, 6.07) is 6.33. The summed E-state index contributed by atoms with van der Waals surface area (Å²) in [5.74, 6) is -2.38. The topological polar surface area (TPSA) is 93.1 Å². The van der Waals surface area contributed by atoms with Crippen LogP contribution in [0.25, 0.3) is 0 Å². The van der Waals surface area contributed by atoms with Gasteiger partial charge in [0.05, 0.1) is 0 Å². The Morgan fingerprint density at radius 3 is 1.64 bits per heavy atom. The monoisotopic (exact) mass is 350 g/mol. The predicted octanol–water partition coefficient (Wildman–Crippen LogP) is 1.21. The molecule has 25 heavy (non-hydrogen) atoms. The minimum atomic E-state index is -1.57. The van der Waals surface area contributed by atoms with Crippen molar-refractivity contribution in [3.05, 3.63) is 29.8 Å². The Hall–Kier alpha value is -1.86. The first-order chi connectivity index (χ1) is 11.3. The van der Waals surface area contributed by atoms with E-state index in [2.05, 4.69) is 0 Å². The molecule has 2 N–H and O–H groups in total. The Labute approximate surface area is 149 Å². The van der Waals surface area contributed by atoms with Crippen molar-refractivity contribution in [3.8, 4) is 0 Å². The molecular weight excluding hydrogens is 323 g/mol. The number of carbonyl (C=O) groups excluding carboxylic acids is 2. The lowest BCUT2D eigenvalue weighted by Gasteiger charge is -2.26. The highest BCUT2D eigenvalue weighted by atomic mass is 16.6. The van der Waals surface area contributed by atoms with Gasteiger partial charge in [0.2, 0.25) is 0 Å². The highest BCUT2D eigenvalue weighted by Crippen LogP contribution is 2.19. The first kappa shape index (κ1) is 21.2. The number of ether oxygens (including phenoxy) is 2. The second kappa shape index (κ2) is 8.02. The summed E-state index contributed by atoms with van der Waals surface area (Å²) in [6.07, 6.45) is 0.103. The van der Waals surface area contributed by atoms with E-state index in [1.807, 2.05) is 0 Å². The molecule has 1 rings (SSSR count). The fourth-order valence-corrected chi connectivity index (χ4v) is 2.07. The van der Waals surface area contributed by atoms with Crippen molar-refractivity contribution in [1.82, 2.24) is 0 Å². The molecule has 0 aromatic heterocycles. The Kier molecular flexibility index (Phi) is 6.79. The highest BCUT2D eigenvalue weighted by Gasteiger charge is 2.35. The number of carbonyl (C=O) groups is 2. The fraction of sp³-hybridized carbons (Fsp3) is 0.556. The van der Waals surface area contributed by atoms with Gasteiger partial charge in [-0.05, 0) is 59.0 Å². The third-order valence-corrected chi connectivity index (χ3v) is 3.10. The molecule has 0 spiro atoms. The van der Waals surface area contributed by atoms with Gasteiger partial charge >= 0.3 is 19.1 Å². The van der Waals surface area contributed by atoms with E-state index < -0.39 is 36.2 Å². The van der Waals surface area contributed by atoms with Crippen LogP contribution in [-0.2, 0) is 25.5 Å². The van der Waals surface area contributed by atoms with Crippen LogP contribution in [0, 0.1) is 5.92 Å². The predicted molar refractivity (Wildman–Crippen MR) is 95.2 cm³/mol. The number of benzene rings is 1. The molecule has 6 nitrogen and oxygen atoms in total. The van der Waals surface area contributed by atoms with Crippen molar-refractivity contribution >= 4 is 24.5 Å². The maximum absolute atomic E-state index is 12.5. The first-order valence-electron chi connectivity index (χ1n) is 8.19. The van der Waals surface area contributed by atoms with Gasteiger partial charge in [0, 0.05) is 0 Å². The number of hydrogen-bond donors (Lipinski definition) is 2. The zero-order valence-corrected chi connectivity index (χ0v) is 15.7. The molecule has 7 heteroatoms. The zero-order valence-electron chi connectivity index (χ0n) is 15.7. The summed E-state index contributed by atoms with van der Waals surface area (Å²) in [4.78, 5) is 24.9. The van der Waals surface area contributed by atoms with Crippen LogP contribution in [0.2, 0.25) is 0 Å². The van der Waals surface area contributed by atoms with E-state index in [9.17, 15) is 9.59 Å².